The molecular weight excluding hydrogens is 435 g/mol. The summed E-state index contributed by atoms with van der Waals surface area (Å²) >= 11 is 0. The SMILES string of the molecule is Cc1cc(OP(=O)(O)O)cc2c1OC(C)(CCCC(C)CCCC(C)CCCC(C)C)CC2. The zero-order valence-electron chi connectivity index (χ0n) is 21.7. The largest absolute Gasteiger partial charge is 0.524 e. The summed E-state index contributed by atoms with van der Waals surface area (Å²) in [5.74, 6) is 3.47. The van der Waals surface area contributed by atoms with Gasteiger partial charge in [-0.2, -0.15) is 0 Å². The minimum Gasteiger partial charge on any atom is -0.487 e. The van der Waals surface area contributed by atoms with Gasteiger partial charge in [0.1, 0.15) is 17.1 Å². The van der Waals surface area contributed by atoms with Crippen LogP contribution in [0, 0.1) is 24.7 Å². The second-order valence-corrected chi connectivity index (χ2v) is 12.4. The zero-order valence-corrected chi connectivity index (χ0v) is 22.6. The van der Waals surface area contributed by atoms with Gasteiger partial charge in [-0.05, 0) is 80.5 Å². The van der Waals surface area contributed by atoms with Crippen LogP contribution in [0.2, 0.25) is 0 Å². The zero-order chi connectivity index (χ0) is 24.6. The van der Waals surface area contributed by atoms with Gasteiger partial charge in [-0.15, -0.1) is 0 Å². The summed E-state index contributed by atoms with van der Waals surface area (Å²) in [5, 5.41) is 0. The van der Waals surface area contributed by atoms with Crippen LogP contribution in [-0.4, -0.2) is 15.4 Å². The van der Waals surface area contributed by atoms with E-state index >= 15 is 0 Å². The van der Waals surface area contributed by atoms with Crippen molar-refractivity contribution in [1.82, 2.24) is 0 Å². The van der Waals surface area contributed by atoms with Crippen molar-refractivity contribution >= 4 is 7.82 Å². The van der Waals surface area contributed by atoms with Gasteiger partial charge in [-0.1, -0.05) is 72.6 Å². The molecule has 190 valence electrons. The Morgan fingerprint density at radius 3 is 2.15 bits per heavy atom. The summed E-state index contributed by atoms with van der Waals surface area (Å²) in [6.07, 6.45) is 13.3. The van der Waals surface area contributed by atoms with Crippen molar-refractivity contribution in [2.24, 2.45) is 17.8 Å². The first-order valence-corrected chi connectivity index (χ1v) is 14.5. The van der Waals surface area contributed by atoms with Gasteiger partial charge in [0, 0.05) is 0 Å². The van der Waals surface area contributed by atoms with Crippen molar-refractivity contribution < 1.29 is 23.6 Å². The van der Waals surface area contributed by atoms with Crippen molar-refractivity contribution in [3.63, 3.8) is 0 Å². The maximum atomic E-state index is 11.2. The van der Waals surface area contributed by atoms with Gasteiger partial charge < -0.3 is 9.26 Å². The van der Waals surface area contributed by atoms with E-state index in [0.717, 1.165) is 60.3 Å². The van der Waals surface area contributed by atoms with Gasteiger partial charge in [0.15, 0.2) is 0 Å². The third-order valence-electron chi connectivity index (χ3n) is 7.10. The van der Waals surface area contributed by atoms with E-state index in [2.05, 4.69) is 34.6 Å². The molecule has 0 aliphatic carbocycles. The first-order valence-electron chi connectivity index (χ1n) is 12.9. The Labute approximate surface area is 201 Å². The maximum Gasteiger partial charge on any atom is 0.524 e. The second-order valence-electron chi connectivity index (χ2n) is 11.2. The lowest BCUT2D eigenvalue weighted by Gasteiger charge is -2.37. The Kier molecular flexibility index (Phi) is 10.8. The van der Waals surface area contributed by atoms with E-state index in [1.807, 2.05) is 6.92 Å². The second kappa shape index (κ2) is 12.6. The predicted molar refractivity (Wildman–Crippen MR) is 136 cm³/mol. The van der Waals surface area contributed by atoms with E-state index < -0.39 is 7.82 Å². The number of hydrogen-bond acceptors (Lipinski definition) is 3. The Balaban J connectivity index is 1.74. The molecule has 2 N–H and O–H groups in total. The molecule has 0 saturated heterocycles. The molecule has 33 heavy (non-hydrogen) atoms. The van der Waals surface area contributed by atoms with Crippen LogP contribution in [0.4, 0.5) is 0 Å². The van der Waals surface area contributed by atoms with Crippen LogP contribution in [0.1, 0.15) is 110 Å². The lowest BCUT2D eigenvalue weighted by molar-refractivity contribution is 0.0515. The van der Waals surface area contributed by atoms with Gasteiger partial charge in [0.05, 0.1) is 0 Å². The molecule has 5 nitrogen and oxygen atoms in total. The standard InChI is InChI=1S/C27H47O5P/c1-20(2)10-7-11-21(3)12-8-13-22(4)14-9-16-27(6)17-15-24-19-25(32-33(28,29)30)18-23(5)26(24)31-27/h18-22H,7-17H2,1-6H3,(H2,28,29,30). The fourth-order valence-electron chi connectivity index (χ4n) is 5.01. The van der Waals surface area contributed by atoms with Gasteiger partial charge in [-0.25, -0.2) is 4.57 Å². The number of hydrogen-bond donors (Lipinski definition) is 2. The van der Waals surface area contributed by atoms with Crippen LogP contribution < -0.4 is 9.26 Å². The monoisotopic (exact) mass is 482 g/mol. The summed E-state index contributed by atoms with van der Waals surface area (Å²) in [4.78, 5) is 18.2. The third-order valence-corrected chi connectivity index (χ3v) is 7.54. The third kappa shape index (κ3) is 10.4. The van der Waals surface area contributed by atoms with E-state index in [1.165, 1.54) is 44.9 Å². The van der Waals surface area contributed by atoms with Crippen LogP contribution in [-0.2, 0) is 11.0 Å². The molecule has 0 aromatic heterocycles. The van der Waals surface area contributed by atoms with Gasteiger partial charge in [0.25, 0.3) is 0 Å². The number of benzene rings is 1. The fourth-order valence-corrected chi connectivity index (χ4v) is 5.39. The number of fused-ring (bicyclic) bond motifs is 1. The summed E-state index contributed by atoms with van der Waals surface area (Å²) in [6.45, 7) is 13.5. The number of phosphoric acid groups is 1. The van der Waals surface area contributed by atoms with E-state index in [9.17, 15) is 4.57 Å². The van der Waals surface area contributed by atoms with Crippen LogP contribution in [0.3, 0.4) is 0 Å². The smallest absolute Gasteiger partial charge is 0.487 e. The van der Waals surface area contributed by atoms with Gasteiger partial charge in [0.2, 0.25) is 0 Å². The summed E-state index contributed by atoms with van der Waals surface area (Å²) < 4.78 is 22.4. The number of phosphoric ester groups is 1. The van der Waals surface area contributed by atoms with E-state index in [1.54, 1.807) is 12.1 Å². The molecule has 1 aromatic rings. The Hall–Kier alpha value is -1.03. The van der Waals surface area contributed by atoms with E-state index in [0.29, 0.717) is 0 Å². The quantitative estimate of drug-likeness (QED) is 0.263. The minimum absolute atomic E-state index is 0.186. The average molecular weight is 483 g/mol. The molecule has 2 rings (SSSR count). The minimum atomic E-state index is -4.56. The Morgan fingerprint density at radius 1 is 1.00 bits per heavy atom. The van der Waals surface area contributed by atoms with Crippen molar-refractivity contribution in [3.8, 4) is 11.5 Å². The lowest BCUT2D eigenvalue weighted by atomic mass is 9.85. The van der Waals surface area contributed by atoms with Crippen LogP contribution in [0.25, 0.3) is 0 Å². The molecule has 0 bridgehead atoms. The van der Waals surface area contributed by atoms with Gasteiger partial charge in [-0.3, -0.25) is 9.79 Å². The molecule has 3 unspecified atom stereocenters. The topological polar surface area (TPSA) is 76.0 Å². The van der Waals surface area contributed by atoms with Crippen molar-refractivity contribution in [1.29, 1.82) is 0 Å². The van der Waals surface area contributed by atoms with Crippen molar-refractivity contribution in [2.75, 3.05) is 0 Å². The molecule has 1 heterocycles. The highest BCUT2D eigenvalue weighted by atomic mass is 31.2. The molecule has 6 heteroatoms. The van der Waals surface area contributed by atoms with E-state index in [-0.39, 0.29) is 11.4 Å². The molecule has 0 fully saturated rings. The maximum absolute atomic E-state index is 11.2. The fraction of sp³-hybridized carbons (Fsp3) is 0.778. The average Bonchev–Trinajstić information content (AvgIpc) is 2.67. The number of ether oxygens (including phenoxy) is 1. The Bertz CT molecular complexity index is 787. The predicted octanol–water partition coefficient (Wildman–Crippen LogP) is 7.99. The van der Waals surface area contributed by atoms with E-state index in [4.69, 9.17) is 19.0 Å². The molecule has 1 aromatic carbocycles. The highest BCUT2D eigenvalue weighted by Crippen LogP contribution is 2.44. The van der Waals surface area contributed by atoms with Crippen molar-refractivity contribution in [3.05, 3.63) is 23.3 Å². The molecule has 3 atom stereocenters. The summed E-state index contributed by atoms with van der Waals surface area (Å²) in [6, 6.07) is 3.35. The molecule has 0 radical (unpaired) electrons. The first-order chi connectivity index (χ1) is 15.4. The normalized spacial score (nSPS) is 20.3. The highest BCUT2D eigenvalue weighted by Gasteiger charge is 2.33. The molecule has 0 amide bonds. The van der Waals surface area contributed by atoms with Crippen LogP contribution >= 0.6 is 7.82 Å². The summed E-state index contributed by atoms with van der Waals surface area (Å²) in [7, 11) is -4.56. The molecule has 0 spiro atoms. The lowest BCUT2D eigenvalue weighted by Crippen LogP contribution is -2.36. The number of rotatable bonds is 14. The van der Waals surface area contributed by atoms with Gasteiger partial charge >= 0.3 is 7.82 Å². The molecular formula is C27H47O5P. The van der Waals surface area contributed by atoms with Crippen LogP contribution in [0.5, 0.6) is 11.5 Å². The molecule has 1 aliphatic rings. The molecule has 0 saturated carbocycles. The highest BCUT2D eigenvalue weighted by molar-refractivity contribution is 7.46. The summed E-state index contributed by atoms with van der Waals surface area (Å²) in [5.41, 5.74) is 1.64. The van der Waals surface area contributed by atoms with Crippen molar-refractivity contribution in [2.45, 2.75) is 118 Å². The van der Waals surface area contributed by atoms with Crippen LogP contribution in [0.15, 0.2) is 12.1 Å². The molecule has 1 aliphatic heterocycles. The first kappa shape index (κ1) is 28.2. The Morgan fingerprint density at radius 2 is 1.58 bits per heavy atom. The number of aryl methyl sites for hydroxylation is 2.